The Hall–Kier alpha value is -0.830. The van der Waals surface area contributed by atoms with Crippen molar-refractivity contribution in [3.63, 3.8) is 0 Å². The van der Waals surface area contributed by atoms with E-state index >= 15 is 0 Å². The van der Waals surface area contributed by atoms with E-state index in [1.165, 1.54) is 12.8 Å². The summed E-state index contributed by atoms with van der Waals surface area (Å²) in [6.07, 6.45) is 2.49. The van der Waals surface area contributed by atoms with Gasteiger partial charge in [0.25, 0.3) is 0 Å². The minimum Gasteiger partial charge on any atom is -0.352 e. The molecule has 2 rings (SSSR count). The molecule has 1 atom stereocenters. The molecule has 0 aromatic carbocycles. The van der Waals surface area contributed by atoms with Gasteiger partial charge in [0.15, 0.2) is 11.0 Å². The summed E-state index contributed by atoms with van der Waals surface area (Å²) in [5.74, 6) is 1.66. The van der Waals surface area contributed by atoms with Crippen LogP contribution in [0.3, 0.4) is 0 Å². The second-order valence-corrected chi connectivity index (χ2v) is 5.57. The lowest BCUT2D eigenvalue weighted by molar-refractivity contribution is 0.488. The average molecular weight is 254 g/mol. The van der Waals surface area contributed by atoms with E-state index < -0.39 is 0 Å². The molecule has 4 heteroatoms. The van der Waals surface area contributed by atoms with Crippen LogP contribution in [-0.2, 0) is 0 Å². The second kappa shape index (κ2) is 4.81. The molecular weight excluding hydrogens is 234 g/mol. The van der Waals surface area contributed by atoms with Crippen molar-refractivity contribution in [1.29, 1.82) is 0 Å². The molecule has 17 heavy (non-hydrogen) atoms. The Balaban J connectivity index is 2.37. The van der Waals surface area contributed by atoms with Crippen LogP contribution in [0, 0.1) is 19.8 Å². The fraction of sp³-hybridized carbons (Fsp3) is 0.692. The zero-order valence-corrected chi connectivity index (χ0v) is 11.8. The van der Waals surface area contributed by atoms with Crippen LogP contribution in [0.5, 0.6) is 0 Å². The molecule has 1 unspecified atom stereocenters. The van der Waals surface area contributed by atoms with Crippen molar-refractivity contribution in [2.24, 2.45) is 5.92 Å². The highest BCUT2D eigenvalue weighted by Crippen LogP contribution is 2.32. The Morgan fingerprint density at radius 2 is 1.94 bits per heavy atom. The Bertz CT molecular complexity index is 417. The molecule has 0 radical (unpaired) electrons. The molecule has 1 fully saturated rings. The third-order valence-electron chi connectivity index (χ3n) is 3.78. The monoisotopic (exact) mass is 253 g/mol. The SMILES string of the molecule is Cc1c(Cl)nnc(N2CCCC2C(C)C)c1C. The van der Waals surface area contributed by atoms with Crippen LogP contribution in [0.4, 0.5) is 5.82 Å². The molecule has 0 aliphatic carbocycles. The van der Waals surface area contributed by atoms with Gasteiger partial charge in [0, 0.05) is 12.6 Å². The molecule has 1 aliphatic heterocycles. The molecule has 2 heterocycles. The molecule has 0 amide bonds. The second-order valence-electron chi connectivity index (χ2n) is 5.21. The first-order valence-electron chi connectivity index (χ1n) is 6.28. The molecule has 0 bridgehead atoms. The van der Waals surface area contributed by atoms with E-state index in [-0.39, 0.29) is 0 Å². The maximum atomic E-state index is 6.00. The molecule has 3 nitrogen and oxygen atoms in total. The van der Waals surface area contributed by atoms with Gasteiger partial charge in [-0.2, -0.15) is 0 Å². The fourth-order valence-corrected chi connectivity index (χ4v) is 2.76. The summed E-state index contributed by atoms with van der Waals surface area (Å²) in [4.78, 5) is 2.40. The standard InChI is InChI=1S/C13H20ClN3/c1-8(2)11-6-5-7-17(11)13-10(4)9(3)12(14)15-16-13/h8,11H,5-7H2,1-4H3. The Morgan fingerprint density at radius 3 is 2.59 bits per heavy atom. The highest BCUT2D eigenvalue weighted by Gasteiger charge is 2.29. The van der Waals surface area contributed by atoms with E-state index in [0.29, 0.717) is 17.1 Å². The van der Waals surface area contributed by atoms with Crippen LogP contribution in [0.15, 0.2) is 0 Å². The minimum absolute atomic E-state index is 0.520. The van der Waals surface area contributed by atoms with Crippen LogP contribution in [0.1, 0.15) is 37.8 Å². The third-order valence-corrected chi connectivity index (χ3v) is 4.14. The van der Waals surface area contributed by atoms with E-state index in [2.05, 4.69) is 35.9 Å². The molecule has 0 spiro atoms. The molecule has 1 aromatic rings. The first-order chi connectivity index (χ1) is 8.02. The summed E-state index contributed by atoms with van der Waals surface area (Å²) in [5.41, 5.74) is 2.21. The zero-order chi connectivity index (χ0) is 12.6. The lowest BCUT2D eigenvalue weighted by atomic mass is 10.0. The van der Waals surface area contributed by atoms with Crippen molar-refractivity contribution >= 4 is 17.4 Å². The number of hydrogen-bond acceptors (Lipinski definition) is 3. The van der Waals surface area contributed by atoms with Gasteiger partial charge in [0.2, 0.25) is 0 Å². The van der Waals surface area contributed by atoms with Crippen LogP contribution in [-0.4, -0.2) is 22.8 Å². The first kappa shape index (κ1) is 12.6. The number of hydrogen-bond donors (Lipinski definition) is 0. The van der Waals surface area contributed by atoms with E-state index in [1.807, 2.05) is 6.92 Å². The quantitative estimate of drug-likeness (QED) is 0.809. The van der Waals surface area contributed by atoms with Crippen LogP contribution in [0.25, 0.3) is 0 Å². The highest BCUT2D eigenvalue weighted by atomic mass is 35.5. The van der Waals surface area contributed by atoms with Gasteiger partial charge in [-0.05, 0) is 43.7 Å². The van der Waals surface area contributed by atoms with Crippen molar-refractivity contribution in [3.05, 3.63) is 16.3 Å². The third kappa shape index (κ3) is 2.25. The van der Waals surface area contributed by atoms with Gasteiger partial charge in [-0.3, -0.25) is 0 Å². The summed E-state index contributed by atoms with van der Waals surface area (Å²) < 4.78 is 0. The van der Waals surface area contributed by atoms with Gasteiger partial charge in [-0.1, -0.05) is 25.4 Å². The predicted molar refractivity (Wildman–Crippen MR) is 71.7 cm³/mol. The number of anilines is 1. The van der Waals surface area contributed by atoms with E-state index in [4.69, 9.17) is 11.6 Å². The zero-order valence-electron chi connectivity index (χ0n) is 11.0. The summed E-state index contributed by atoms with van der Waals surface area (Å²) in [6.45, 7) is 9.72. The van der Waals surface area contributed by atoms with Crippen molar-refractivity contribution in [2.75, 3.05) is 11.4 Å². The highest BCUT2D eigenvalue weighted by molar-refractivity contribution is 6.30. The molecule has 1 aromatic heterocycles. The summed E-state index contributed by atoms with van der Waals surface area (Å²) in [6, 6.07) is 0.587. The summed E-state index contributed by atoms with van der Waals surface area (Å²) in [5, 5.41) is 8.87. The lowest BCUT2D eigenvalue weighted by Crippen LogP contribution is -2.34. The van der Waals surface area contributed by atoms with Gasteiger partial charge < -0.3 is 4.90 Å². The lowest BCUT2D eigenvalue weighted by Gasteiger charge is -2.29. The average Bonchev–Trinajstić information content (AvgIpc) is 2.75. The molecule has 1 saturated heterocycles. The largest absolute Gasteiger partial charge is 0.352 e. The van der Waals surface area contributed by atoms with Gasteiger partial charge in [0.1, 0.15) is 0 Å². The molecule has 0 N–H and O–H groups in total. The van der Waals surface area contributed by atoms with Crippen LogP contribution < -0.4 is 4.90 Å². The number of aromatic nitrogens is 2. The Labute approximate surface area is 108 Å². The fourth-order valence-electron chi connectivity index (χ4n) is 2.59. The van der Waals surface area contributed by atoms with Gasteiger partial charge in [-0.25, -0.2) is 0 Å². The van der Waals surface area contributed by atoms with E-state index in [1.54, 1.807) is 0 Å². The van der Waals surface area contributed by atoms with Crippen molar-refractivity contribution in [3.8, 4) is 0 Å². The molecular formula is C13H20ClN3. The van der Waals surface area contributed by atoms with Crippen LogP contribution >= 0.6 is 11.6 Å². The molecule has 1 aliphatic rings. The van der Waals surface area contributed by atoms with Gasteiger partial charge >= 0.3 is 0 Å². The first-order valence-corrected chi connectivity index (χ1v) is 6.66. The number of nitrogens with zero attached hydrogens (tertiary/aromatic N) is 3. The summed E-state index contributed by atoms with van der Waals surface area (Å²) in [7, 11) is 0. The van der Waals surface area contributed by atoms with Gasteiger partial charge in [0.05, 0.1) is 0 Å². The maximum absolute atomic E-state index is 6.00. The Kier molecular flexibility index (Phi) is 3.57. The van der Waals surface area contributed by atoms with Crippen molar-refractivity contribution < 1.29 is 0 Å². The van der Waals surface area contributed by atoms with E-state index in [0.717, 1.165) is 23.5 Å². The van der Waals surface area contributed by atoms with E-state index in [9.17, 15) is 0 Å². The number of halogens is 1. The maximum Gasteiger partial charge on any atom is 0.155 e. The minimum atomic E-state index is 0.520. The van der Waals surface area contributed by atoms with Gasteiger partial charge in [-0.15, -0.1) is 10.2 Å². The normalized spacial score (nSPS) is 20.4. The van der Waals surface area contributed by atoms with Crippen LogP contribution in [0.2, 0.25) is 5.15 Å². The molecule has 0 saturated carbocycles. The smallest absolute Gasteiger partial charge is 0.155 e. The molecule has 94 valence electrons. The van der Waals surface area contributed by atoms with Crippen molar-refractivity contribution in [1.82, 2.24) is 10.2 Å². The topological polar surface area (TPSA) is 29.0 Å². The number of rotatable bonds is 2. The predicted octanol–water partition coefficient (Wildman–Crippen LogP) is 3.37. The Morgan fingerprint density at radius 1 is 1.24 bits per heavy atom. The summed E-state index contributed by atoms with van der Waals surface area (Å²) >= 11 is 6.00. The van der Waals surface area contributed by atoms with Crippen molar-refractivity contribution in [2.45, 2.75) is 46.6 Å².